The number of nitrogens with zero attached hydrogens (tertiary/aromatic N) is 2. The van der Waals surface area contributed by atoms with E-state index in [1.54, 1.807) is 0 Å². The molecule has 0 aliphatic rings. The number of hydrogen-bond donors (Lipinski definition) is 1. The highest BCUT2D eigenvalue weighted by Crippen LogP contribution is 1.98. The fourth-order valence-electron chi connectivity index (χ4n) is 1.21. The Kier molecular flexibility index (Phi) is 8.21. The van der Waals surface area contributed by atoms with Crippen LogP contribution in [0.4, 0.5) is 0 Å². The van der Waals surface area contributed by atoms with Gasteiger partial charge in [-0.05, 0) is 27.6 Å². The molecule has 98 valence electrons. The number of nitrogens with one attached hydrogen (secondary N) is 1. The van der Waals surface area contributed by atoms with E-state index in [2.05, 4.69) is 36.3 Å². The van der Waals surface area contributed by atoms with Crippen LogP contribution in [-0.2, 0) is 4.79 Å². The van der Waals surface area contributed by atoms with Crippen LogP contribution < -0.4 is 5.32 Å². The van der Waals surface area contributed by atoms with E-state index in [0.717, 1.165) is 32.6 Å². The Morgan fingerprint density at radius 2 is 1.88 bits per heavy atom. The molecule has 0 rings (SSSR count). The van der Waals surface area contributed by atoms with Crippen molar-refractivity contribution in [1.29, 1.82) is 0 Å². The molecule has 0 aromatic rings. The minimum absolute atomic E-state index is 0. The summed E-state index contributed by atoms with van der Waals surface area (Å²) in [6, 6.07) is 0. The second-order valence-corrected chi connectivity index (χ2v) is 4.71. The molecule has 0 aromatic carbocycles. The normalized spacial score (nSPS) is 13.2. The summed E-state index contributed by atoms with van der Waals surface area (Å²) in [5, 5.41) is 2.96. The summed E-state index contributed by atoms with van der Waals surface area (Å²) in [6.45, 7) is 7.74. The predicted molar refractivity (Wildman–Crippen MR) is 70.6 cm³/mol. The smallest absolute Gasteiger partial charge is 0.222 e. The molecular weight excluding hydrogens is 202 g/mol. The van der Waals surface area contributed by atoms with Gasteiger partial charge in [-0.3, -0.25) is 4.79 Å². The molecule has 0 radical (unpaired) electrons. The fourth-order valence-corrected chi connectivity index (χ4v) is 1.21. The average Bonchev–Trinajstić information content (AvgIpc) is 2.24. The van der Waals surface area contributed by atoms with Gasteiger partial charge in [0.2, 0.25) is 5.91 Å². The molecule has 0 aliphatic heterocycles. The third kappa shape index (κ3) is 7.65. The molecular formula is C12H29N3O. The van der Waals surface area contributed by atoms with Crippen molar-refractivity contribution in [3.63, 3.8) is 0 Å². The van der Waals surface area contributed by atoms with E-state index < -0.39 is 0 Å². The first-order valence-electron chi connectivity index (χ1n) is 6.08. The number of likely N-dealkylation sites (N-methyl/N-ethyl adjacent to an activating group) is 2. The first-order chi connectivity index (χ1) is 7.47. The molecule has 0 spiro atoms. The lowest BCUT2D eigenvalue weighted by atomic mass is 10.1. The van der Waals surface area contributed by atoms with Gasteiger partial charge in [-0.2, -0.15) is 0 Å². The van der Waals surface area contributed by atoms with Crippen molar-refractivity contribution >= 4 is 5.91 Å². The zero-order valence-corrected chi connectivity index (χ0v) is 11.4. The molecule has 1 amide bonds. The van der Waals surface area contributed by atoms with Crippen LogP contribution in [0.25, 0.3) is 0 Å². The highest BCUT2D eigenvalue weighted by Gasteiger charge is 2.09. The quantitative estimate of drug-likeness (QED) is 0.674. The highest BCUT2D eigenvalue weighted by atomic mass is 16.1. The molecule has 0 fully saturated rings. The minimum atomic E-state index is 0. The summed E-state index contributed by atoms with van der Waals surface area (Å²) in [6.07, 6.45) is 0.905. The van der Waals surface area contributed by atoms with Crippen molar-refractivity contribution in [2.24, 2.45) is 5.92 Å². The van der Waals surface area contributed by atoms with E-state index in [9.17, 15) is 4.79 Å². The van der Waals surface area contributed by atoms with Crippen molar-refractivity contribution in [3.05, 3.63) is 0 Å². The average molecular weight is 231 g/mol. The summed E-state index contributed by atoms with van der Waals surface area (Å²) in [5.74, 6) is 0.301. The molecule has 4 nitrogen and oxygen atoms in total. The van der Waals surface area contributed by atoms with Crippen molar-refractivity contribution in [2.45, 2.75) is 20.3 Å². The molecule has 0 aliphatic carbocycles. The molecule has 16 heavy (non-hydrogen) atoms. The van der Waals surface area contributed by atoms with Crippen LogP contribution in [0, 0.1) is 5.92 Å². The van der Waals surface area contributed by atoms with E-state index in [-0.39, 0.29) is 13.3 Å². The number of carbonyl (C=O) groups excluding carboxylic acids is 1. The zero-order valence-electron chi connectivity index (χ0n) is 11.4. The Morgan fingerprint density at radius 1 is 1.25 bits per heavy atom. The van der Waals surface area contributed by atoms with Crippen LogP contribution in [0.2, 0.25) is 0 Å². The number of rotatable bonds is 8. The van der Waals surface area contributed by atoms with Crippen molar-refractivity contribution in [2.75, 3.05) is 47.3 Å². The standard InChI is InChI=1S/C12H27N3O.H2/c1-6-11(2)12(16)13-7-8-15(5)10-9-14(3)4;/h11H,6-10H2,1-5H3,(H,13,16);1H. The molecule has 0 saturated heterocycles. The molecule has 1 N–H and O–H groups in total. The summed E-state index contributed by atoms with van der Waals surface area (Å²) in [7, 11) is 6.22. The number of carbonyl (C=O) groups is 1. The Bertz CT molecular complexity index is 200. The zero-order chi connectivity index (χ0) is 12.6. The topological polar surface area (TPSA) is 35.6 Å². The molecule has 4 heteroatoms. The Labute approximate surface area is 101 Å². The molecule has 0 saturated carbocycles. The van der Waals surface area contributed by atoms with Gasteiger partial charge in [0, 0.05) is 33.5 Å². The van der Waals surface area contributed by atoms with Crippen LogP contribution in [-0.4, -0.2) is 63.0 Å². The van der Waals surface area contributed by atoms with Gasteiger partial charge in [0.1, 0.15) is 0 Å². The second kappa shape index (κ2) is 8.53. The van der Waals surface area contributed by atoms with E-state index >= 15 is 0 Å². The molecule has 0 aromatic heterocycles. The maximum atomic E-state index is 11.5. The van der Waals surface area contributed by atoms with Crippen LogP contribution in [0.1, 0.15) is 21.7 Å². The van der Waals surface area contributed by atoms with Gasteiger partial charge < -0.3 is 15.1 Å². The van der Waals surface area contributed by atoms with E-state index in [4.69, 9.17) is 0 Å². The maximum absolute atomic E-state index is 11.5. The first kappa shape index (κ1) is 15.4. The second-order valence-electron chi connectivity index (χ2n) is 4.71. The van der Waals surface area contributed by atoms with Gasteiger partial charge in [-0.1, -0.05) is 13.8 Å². The van der Waals surface area contributed by atoms with Crippen LogP contribution in [0.15, 0.2) is 0 Å². The monoisotopic (exact) mass is 231 g/mol. The third-order valence-corrected chi connectivity index (χ3v) is 2.78. The lowest BCUT2D eigenvalue weighted by Gasteiger charge is -2.19. The third-order valence-electron chi connectivity index (χ3n) is 2.78. The largest absolute Gasteiger partial charge is 0.355 e. The van der Waals surface area contributed by atoms with Gasteiger partial charge in [0.25, 0.3) is 0 Å². The van der Waals surface area contributed by atoms with Crippen molar-refractivity contribution < 1.29 is 6.22 Å². The molecule has 0 heterocycles. The summed E-state index contributed by atoms with van der Waals surface area (Å²) < 4.78 is 0. The minimum Gasteiger partial charge on any atom is -0.355 e. The lowest BCUT2D eigenvalue weighted by molar-refractivity contribution is -0.124. The lowest BCUT2D eigenvalue weighted by Crippen LogP contribution is -2.37. The Morgan fingerprint density at radius 3 is 2.38 bits per heavy atom. The van der Waals surface area contributed by atoms with Crippen LogP contribution >= 0.6 is 0 Å². The van der Waals surface area contributed by atoms with Crippen LogP contribution in [0.5, 0.6) is 0 Å². The van der Waals surface area contributed by atoms with Gasteiger partial charge in [0.15, 0.2) is 0 Å². The first-order valence-corrected chi connectivity index (χ1v) is 6.08. The molecule has 0 bridgehead atoms. The van der Waals surface area contributed by atoms with Crippen LogP contribution in [0.3, 0.4) is 0 Å². The fraction of sp³-hybridized carbons (Fsp3) is 0.917. The van der Waals surface area contributed by atoms with Gasteiger partial charge >= 0.3 is 0 Å². The van der Waals surface area contributed by atoms with Gasteiger partial charge in [-0.15, -0.1) is 0 Å². The van der Waals surface area contributed by atoms with Gasteiger partial charge in [-0.25, -0.2) is 0 Å². The number of hydrogen-bond acceptors (Lipinski definition) is 3. The van der Waals surface area contributed by atoms with Gasteiger partial charge in [0.05, 0.1) is 0 Å². The van der Waals surface area contributed by atoms with E-state index in [1.165, 1.54) is 0 Å². The number of amides is 1. The SMILES string of the molecule is CCC(C)C(=O)NCCN(C)CCN(C)C.[HH]. The summed E-state index contributed by atoms with van der Waals surface area (Å²) in [5.41, 5.74) is 0. The Hall–Kier alpha value is -0.610. The maximum Gasteiger partial charge on any atom is 0.222 e. The molecule has 1 atom stereocenters. The summed E-state index contributed by atoms with van der Waals surface area (Å²) in [4.78, 5) is 15.9. The van der Waals surface area contributed by atoms with Crippen molar-refractivity contribution in [1.82, 2.24) is 15.1 Å². The van der Waals surface area contributed by atoms with E-state index in [0.29, 0.717) is 0 Å². The Balaban J connectivity index is 0. The van der Waals surface area contributed by atoms with Crippen molar-refractivity contribution in [3.8, 4) is 0 Å². The summed E-state index contributed by atoms with van der Waals surface area (Å²) >= 11 is 0. The highest BCUT2D eigenvalue weighted by molar-refractivity contribution is 5.78. The molecule has 1 unspecified atom stereocenters. The van der Waals surface area contributed by atoms with E-state index in [1.807, 2.05) is 13.8 Å². The predicted octanol–water partition coefficient (Wildman–Crippen LogP) is 0.888.